The first-order valence-corrected chi connectivity index (χ1v) is 8.89. The maximum absolute atomic E-state index is 5.94. The summed E-state index contributed by atoms with van der Waals surface area (Å²) in [6, 6.07) is 10.1. The van der Waals surface area contributed by atoms with Gasteiger partial charge in [0, 0.05) is 12.9 Å². The van der Waals surface area contributed by atoms with Gasteiger partial charge in [-0.25, -0.2) is 0 Å². The van der Waals surface area contributed by atoms with Gasteiger partial charge in [-0.2, -0.15) is 0 Å². The van der Waals surface area contributed by atoms with Gasteiger partial charge in [-0.15, -0.1) is 0 Å². The predicted molar refractivity (Wildman–Crippen MR) is 64.9 cm³/mol. The number of benzene rings is 1. The maximum Gasteiger partial charge on any atom is 0.207 e. The minimum absolute atomic E-state index is 0.815. The van der Waals surface area contributed by atoms with Gasteiger partial charge in [0.1, 0.15) is 0 Å². The Hall–Kier alpha value is 0.470. The Kier molecular flexibility index (Phi) is 4.77. The normalized spacial score (nSPS) is 15.2. The lowest BCUT2D eigenvalue weighted by atomic mass is 10.2. The molecule has 0 amide bonds. The molecule has 0 saturated carbocycles. The summed E-state index contributed by atoms with van der Waals surface area (Å²) < 4.78 is 5.01. The molecular weight excluding hydrogens is 243 g/mol. The van der Waals surface area contributed by atoms with Gasteiger partial charge in [0.05, 0.1) is 0 Å². The average Bonchev–Trinajstić information content (AvgIpc) is 2.17. The zero-order valence-electron chi connectivity index (χ0n) is 7.14. The van der Waals surface area contributed by atoms with E-state index < -0.39 is 4.82 Å². The van der Waals surface area contributed by atoms with E-state index in [4.69, 9.17) is 27.6 Å². The second-order valence-electron chi connectivity index (χ2n) is 2.37. The summed E-state index contributed by atoms with van der Waals surface area (Å²) in [7, 11) is 1.56. The molecule has 0 aromatic heterocycles. The third kappa shape index (κ3) is 4.48. The third-order valence-corrected chi connectivity index (χ3v) is 7.10. The highest BCUT2D eigenvalue weighted by Crippen LogP contribution is 2.64. The topological polar surface area (TPSA) is 9.23 Å². The smallest absolute Gasteiger partial charge is 0.207 e. The maximum atomic E-state index is 5.94. The van der Waals surface area contributed by atoms with Crippen LogP contribution in [0.1, 0.15) is 5.56 Å². The average molecular weight is 253 g/mol. The lowest BCUT2D eigenvalue weighted by Crippen LogP contribution is -1.78. The SMILES string of the molecule is COP(=S)(Cl)SCc1ccccc1. The molecule has 1 rings (SSSR count). The molecule has 0 saturated heterocycles. The van der Waals surface area contributed by atoms with E-state index in [0.29, 0.717) is 0 Å². The highest BCUT2D eigenvalue weighted by atomic mass is 35.7. The summed E-state index contributed by atoms with van der Waals surface area (Å²) in [5.41, 5.74) is 1.22. The van der Waals surface area contributed by atoms with Crippen LogP contribution in [0.3, 0.4) is 0 Å². The summed E-state index contributed by atoms with van der Waals surface area (Å²) in [5, 5.41) is 0. The molecule has 0 heterocycles. The Bertz CT molecular complexity index is 304. The monoisotopic (exact) mass is 252 g/mol. The molecule has 0 bridgehead atoms. The van der Waals surface area contributed by atoms with Crippen LogP contribution < -0.4 is 0 Å². The van der Waals surface area contributed by atoms with E-state index in [1.807, 2.05) is 18.2 Å². The Morgan fingerprint density at radius 1 is 1.46 bits per heavy atom. The number of rotatable bonds is 4. The van der Waals surface area contributed by atoms with Gasteiger partial charge in [-0.1, -0.05) is 41.7 Å². The number of hydrogen-bond donors (Lipinski definition) is 0. The summed E-state index contributed by atoms with van der Waals surface area (Å²) in [6.45, 7) is 0. The lowest BCUT2D eigenvalue weighted by molar-refractivity contribution is 0.479. The van der Waals surface area contributed by atoms with Crippen LogP contribution in [0.25, 0.3) is 0 Å². The van der Waals surface area contributed by atoms with E-state index in [9.17, 15) is 0 Å². The molecule has 0 N–H and O–H groups in total. The first-order chi connectivity index (χ1) is 6.14. The van der Waals surface area contributed by atoms with Crippen LogP contribution in [0.5, 0.6) is 0 Å². The Morgan fingerprint density at radius 3 is 2.62 bits per heavy atom. The Balaban J connectivity index is 2.49. The van der Waals surface area contributed by atoms with Crippen LogP contribution >= 0.6 is 27.4 Å². The van der Waals surface area contributed by atoms with E-state index in [1.54, 1.807) is 7.11 Å². The second kappa shape index (κ2) is 5.38. The van der Waals surface area contributed by atoms with Gasteiger partial charge < -0.3 is 4.52 Å². The second-order valence-corrected chi connectivity index (χ2v) is 11.3. The summed E-state index contributed by atoms with van der Waals surface area (Å²) in [5.74, 6) is 0.815. The van der Waals surface area contributed by atoms with Crippen LogP contribution in [-0.2, 0) is 22.1 Å². The molecule has 1 nitrogen and oxygen atoms in total. The van der Waals surface area contributed by atoms with E-state index >= 15 is 0 Å². The van der Waals surface area contributed by atoms with Crippen molar-refractivity contribution < 1.29 is 4.52 Å². The van der Waals surface area contributed by atoms with Crippen molar-refractivity contribution in [3.63, 3.8) is 0 Å². The molecule has 1 unspecified atom stereocenters. The highest BCUT2D eigenvalue weighted by molar-refractivity contribution is 8.76. The van der Waals surface area contributed by atoms with Gasteiger partial charge in [-0.05, 0) is 28.6 Å². The van der Waals surface area contributed by atoms with Crippen LogP contribution in [0.2, 0.25) is 0 Å². The van der Waals surface area contributed by atoms with Crippen molar-refractivity contribution in [2.45, 2.75) is 5.75 Å². The van der Waals surface area contributed by atoms with E-state index in [-0.39, 0.29) is 0 Å². The van der Waals surface area contributed by atoms with Crippen LogP contribution in [0.4, 0.5) is 0 Å². The van der Waals surface area contributed by atoms with Crippen molar-refractivity contribution in [1.82, 2.24) is 0 Å². The molecular formula is C8H10ClOPS2. The van der Waals surface area contributed by atoms with E-state index in [2.05, 4.69) is 12.1 Å². The van der Waals surface area contributed by atoms with Crippen molar-refractivity contribution in [3.05, 3.63) is 35.9 Å². The van der Waals surface area contributed by atoms with Crippen molar-refractivity contribution >= 4 is 39.2 Å². The number of halogens is 1. The fourth-order valence-corrected chi connectivity index (χ4v) is 3.52. The molecule has 0 radical (unpaired) electrons. The third-order valence-electron chi connectivity index (χ3n) is 1.45. The fraction of sp³-hybridized carbons (Fsp3) is 0.250. The molecule has 72 valence electrons. The van der Waals surface area contributed by atoms with E-state index in [1.165, 1.54) is 16.9 Å². The molecule has 1 aromatic carbocycles. The molecule has 0 aliphatic rings. The molecule has 0 aliphatic heterocycles. The van der Waals surface area contributed by atoms with Gasteiger partial charge in [0.2, 0.25) is 4.82 Å². The molecule has 1 atom stereocenters. The molecule has 0 fully saturated rings. The van der Waals surface area contributed by atoms with Gasteiger partial charge >= 0.3 is 0 Å². The highest BCUT2D eigenvalue weighted by Gasteiger charge is 2.11. The Labute approximate surface area is 92.4 Å². The zero-order chi connectivity index (χ0) is 9.73. The Morgan fingerprint density at radius 2 is 2.08 bits per heavy atom. The molecule has 13 heavy (non-hydrogen) atoms. The minimum atomic E-state index is -2.12. The largest absolute Gasteiger partial charge is 0.334 e. The predicted octanol–water partition coefficient (Wildman–Crippen LogP) is 4.03. The minimum Gasteiger partial charge on any atom is -0.334 e. The van der Waals surface area contributed by atoms with Crippen molar-refractivity contribution in [3.8, 4) is 0 Å². The van der Waals surface area contributed by atoms with Crippen molar-refractivity contribution in [2.24, 2.45) is 0 Å². The molecule has 5 heteroatoms. The molecule has 0 aliphatic carbocycles. The van der Waals surface area contributed by atoms with Crippen molar-refractivity contribution in [2.75, 3.05) is 7.11 Å². The molecule has 1 aromatic rings. The van der Waals surface area contributed by atoms with Gasteiger partial charge in [0.15, 0.2) is 0 Å². The summed E-state index contributed by atoms with van der Waals surface area (Å²) >= 11 is 12.5. The lowest BCUT2D eigenvalue weighted by Gasteiger charge is -2.10. The van der Waals surface area contributed by atoms with Crippen molar-refractivity contribution in [1.29, 1.82) is 0 Å². The summed E-state index contributed by atoms with van der Waals surface area (Å²) in [6.07, 6.45) is 0. The van der Waals surface area contributed by atoms with Crippen LogP contribution in [0.15, 0.2) is 30.3 Å². The number of hydrogen-bond acceptors (Lipinski definition) is 3. The van der Waals surface area contributed by atoms with Gasteiger partial charge in [0.25, 0.3) is 0 Å². The quantitative estimate of drug-likeness (QED) is 0.749. The van der Waals surface area contributed by atoms with Crippen LogP contribution in [0, 0.1) is 0 Å². The fourth-order valence-electron chi connectivity index (χ4n) is 0.779. The van der Waals surface area contributed by atoms with Gasteiger partial charge in [-0.3, -0.25) is 0 Å². The molecule has 0 spiro atoms. The first-order valence-electron chi connectivity index (χ1n) is 3.68. The zero-order valence-corrected chi connectivity index (χ0v) is 10.4. The van der Waals surface area contributed by atoms with E-state index in [0.717, 1.165) is 5.75 Å². The summed E-state index contributed by atoms with van der Waals surface area (Å²) in [4.78, 5) is -2.12. The van der Waals surface area contributed by atoms with Crippen LogP contribution in [-0.4, -0.2) is 7.11 Å². The standard InChI is InChI=1S/C8H10ClOPS2/c1-10-11(9,12)13-7-8-5-3-2-4-6-8/h2-6H,7H2,1H3. The first kappa shape index (κ1) is 11.5.